The third-order valence-corrected chi connectivity index (χ3v) is 2.53. The molecule has 0 aromatic heterocycles. The first-order valence-corrected chi connectivity index (χ1v) is 4.23. The van der Waals surface area contributed by atoms with E-state index in [9.17, 15) is 14.4 Å². The van der Waals surface area contributed by atoms with Gasteiger partial charge in [-0.25, -0.2) is 4.79 Å². The molecule has 1 aliphatic rings. The normalized spacial score (nSPS) is 19.4. The van der Waals surface area contributed by atoms with E-state index >= 15 is 0 Å². The number of carbonyl (C=O) groups is 3. The summed E-state index contributed by atoms with van der Waals surface area (Å²) in [5.41, 5.74) is -1.06. The molecule has 0 unspecified atom stereocenters. The van der Waals surface area contributed by atoms with Gasteiger partial charge in [0.05, 0.1) is 0 Å². The Balaban J connectivity index is 0.00000169. The number of imide groups is 2. The van der Waals surface area contributed by atoms with Crippen molar-refractivity contribution < 1.29 is 19.9 Å². The third-order valence-electron chi connectivity index (χ3n) is 2.53. The van der Waals surface area contributed by atoms with Crippen LogP contribution in [-0.4, -0.2) is 23.3 Å². The van der Waals surface area contributed by atoms with E-state index in [0.717, 1.165) is 0 Å². The second kappa shape index (κ2) is 4.19. The molecule has 6 nitrogen and oxygen atoms in total. The van der Waals surface area contributed by atoms with Crippen molar-refractivity contribution in [2.24, 2.45) is 5.41 Å². The molecule has 0 aromatic rings. The monoisotopic (exact) mass is 202 g/mol. The number of nitrogens with one attached hydrogen (secondary N) is 2. The summed E-state index contributed by atoms with van der Waals surface area (Å²) in [6, 6.07) is -0.729. The topological polar surface area (TPSA) is 107 Å². The molecule has 1 rings (SSSR count). The number of barbiturate groups is 1. The highest BCUT2D eigenvalue weighted by Gasteiger charge is 2.47. The lowest BCUT2D eigenvalue weighted by Crippen LogP contribution is -2.61. The van der Waals surface area contributed by atoms with E-state index in [-0.39, 0.29) is 5.48 Å². The molecule has 1 fully saturated rings. The zero-order chi connectivity index (χ0) is 10.1. The Morgan fingerprint density at radius 1 is 1.00 bits per heavy atom. The number of hydrogen-bond acceptors (Lipinski definition) is 3. The molecule has 0 saturated carbocycles. The fourth-order valence-corrected chi connectivity index (χ4v) is 1.47. The molecule has 4 N–H and O–H groups in total. The van der Waals surface area contributed by atoms with Crippen molar-refractivity contribution in [3.8, 4) is 0 Å². The minimum Gasteiger partial charge on any atom is -0.412 e. The zero-order valence-corrected chi connectivity index (χ0v) is 8.14. The molecule has 0 radical (unpaired) electrons. The van der Waals surface area contributed by atoms with Gasteiger partial charge in [-0.2, -0.15) is 0 Å². The third kappa shape index (κ3) is 1.60. The first kappa shape index (κ1) is 12.6. The van der Waals surface area contributed by atoms with Crippen LogP contribution in [0.15, 0.2) is 0 Å². The standard InChI is InChI=1S/C8H12N2O3.H2O/c1-3-8(4-2)5(11)9-7(13)10-6(8)12;/h3-4H2,1-2H3,(H2,9,10,11,12,13);1H2. The summed E-state index contributed by atoms with van der Waals surface area (Å²) in [5, 5.41) is 4.19. The van der Waals surface area contributed by atoms with Crippen LogP contribution in [0.1, 0.15) is 26.7 Å². The van der Waals surface area contributed by atoms with E-state index in [0.29, 0.717) is 12.8 Å². The van der Waals surface area contributed by atoms with Crippen molar-refractivity contribution in [2.45, 2.75) is 26.7 Å². The molecule has 1 heterocycles. The van der Waals surface area contributed by atoms with Gasteiger partial charge in [0.15, 0.2) is 0 Å². The van der Waals surface area contributed by atoms with Gasteiger partial charge >= 0.3 is 6.03 Å². The van der Waals surface area contributed by atoms with E-state index in [1.807, 2.05) is 0 Å². The summed E-state index contributed by atoms with van der Waals surface area (Å²) in [6.07, 6.45) is 0.795. The predicted molar refractivity (Wildman–Crippen MR) is 48.3 cm³/mol. The average Bonchev–Trinajstić information content (AvgIpc) is 2.05. The van der Waals surface area contributed by atoms with Gasteiger partial charge in [-0.05, 0) is 12.8 Å². The van der Waals surface area contributed by atoms with E-state index in [2.05, 4.69) is 10.6 Å². The lowest BCUT2D eigenvalue weighted by Gasteiger charge is -2.31. The molecule has 0 atom stereocenters. The molecule has 1 saturated heterocycles. The molecule has 14 heavy (non-hydrogen) atoms. The minimum absolute atomic E-state index is 0. The molecular formula is C8H14N2O4. The second-order valence-electron chi connectivity index (χ2n) is 3.03. The molecule has 0 aromatic carbocycles. The average molecular weight is 202 g/mol. The van der Waals surface area contributed by atoms with Gasteiger partial charge < -0.3 is 5.48 Å². The molecule has 80 valence electrons. The number of amides is 4. The first-order chi connectivity index (χ1) is 6.06. The van der Waals surface area contributed by atoms with Crippen LogP contribution in [0.2, 0.25) is 0 Å². The fraction of sp³-hybridized carbons (Fsp3) is 0.625. The van der Waals surface area contributed by atoms with Crippen molar-refractivity contribution in [1.29, 1.82) is 0 Å². The summed E-state index contributed by atoms with van der Waals surface area (Å²) >= 11 is 0. The Morgan fingerprint density at radius 2 is 1.36 bits per heavy atom. The van der Waals surface area contributed by atoms with Crippen molar-refractivity contribution in [2.75, 3.05) is 0 Å². The smallest absolute Gasteiger partial charge is 0.328 e. The molecule has 6 heteroatoms. The lowest BCUT2D eigenvalue weighted by atomic mass is 9.79. The highest BCUT2D eigenvalue weighted by Crippen LogP contribution is 2.28. The van der Waals surface area contributed by atoms with Crippen LogP contribution in [0.5, 0.6) is 0 Å². The Labute approximate surface area is 81.4 Å². The summed E-state index contributed by atoms with van der Waals surface area (Å²) in [5.74, 6) is -0.988. The van der Waals surface area contributed by atoms with Crippen LogP contribution in [0.25, 0.3) is 0 Å². The van der Waals surface area contributed by atoms with Crippen molar-refractivity contribution in [3.63, 3.8) is 0 Å². The van der Waals surface area contributed by atoms with Gasteiger partial charge in [0.25, 0.3) is 0 Å². The summed E-state index contributed by atoms with van der Waals surface area (Å²) in [6.45, 7) is 3.50. The van der Waals surface area contributed by atoms with E-state index in [1.54, 1.807) is 13.8 Å². The number of carbonyl (C=O) groups excluding carboxylic acids is 3. The largest absolute Gasteiger partial charge is 0.412 e. The van der Waals surface area contributed by atoms with Crippen molar-refractivity contribution in [3.05, 3.63) is 0 Å². The highest BCUT2D eigenvalue weighted by atomic mass is 16.2. The van der Waals surface area contributed by atoms with Gasteiger partial charge in [-0.15, -0.1) is 0 Å². The quantitative estimate of drug-likeness (QED) is 0.580. The number of urea groups is 1. The van der Waals surface area contributed by atoms with Gasteiger partial charge in [0.2, 0.25) is 11.8 Å². The minimum atomic E-state index is -1.06. The van der Waals surface area contributed by atoms with E-state index in [1.165, 1.54) is 0 Å². The summed E-state index contributed by atoms with van der Waals surface area (Å²) < 4.78 is 0. The number of rotatable bonds is 2. The van der Waals surface area contributed by atoms with Crippen LogP contribution in [0.4, 0.5) is 4.79 Å². The van der Waals surface area contributed by atoms with E-state index in [4.69, 9.17) is 0 Å². The van der Waals surface area contributed by atoms with Crippen LogP contribution >= 0.6 is 0 Å². The Morgan fingerprint density at radius 3 is 1.64 bits per heavy atom. The molecule has 0 spiro atoms. The maximum atomic E-state index is 11.4. The SMILES string of the molecule is CCC1(CC)C(=O)NC(=O)NC1=O.O. The van der Waals surface area contributed by atoms with Gasteiger partial charge in [0, 0.05) is 0 Å². The Bertz CT molecular complexity index is 249. The fourth-order valence-electron chi connectivity index (χ4n) is 1.47. The zero-order valence-electron chi connectivity index (χ0n) is 8.14. The molecule has 4 amide bonds. The van der Waals surface area contributed by atoms with Crippen molar-refractivity contribution >= 4 is 17.8 Å². The number of hydrogen-bond donors (Lipinski definition) is 2. The Kier molecular flexibility index (Phi) is 3.76. The maximum Gasteiger partial charge on any atom is 0.328 e. The van der Waals surface area contributed by atoms with Crippen LogP contribution < -0.4 is 10.6 Å². The van der Waals surface area contributed by atoms with Gasteiger partial charge in [0.1, 0.15) is 5.41 Å². The molecule has 0 bridgehead atoms. The predicted octanol–water partition coefficient (Wildman–Crippen LogP) is -0.666. The van der Waals surface area contributed by atoms with Crippen LogP contribution in [0, 0.1) is 5.41 Å². The van der Waals surface area contributed by atoms with E-state index < -0.39 is 23.3 Å². The Hall–Kier alpha value is -1.43. The van der Waals surface area contributed by atoms with Gasteiger partial charge in [-0.3, -0.25) is 20.2 Å². The summed E-state index contributed by atoms with van der Waals surface area (Å²) in [4.78, 5) is 33.6. The van der Waals surface area contributed by atoms with Crippen LogP contribution in [0.3, 0.4) is 0 Å². The second-order valence-corrected chi connectivity index (χ2v) is 3.03. The summed E-state index contributed by atoms with van der Waals surface area (Å²) in [7, 11) is 0. The van der Waals surface area contributed by atoms with Gasteiger partial charge in [-0.1, -0.05) is 13.8 Å². The molecular weight excluding hydrogens is 188 g/mol. The first-order valence-electron chi connectivity index (χ1n) is 4.23. The maximum absolute atomic E-state index is 11.4. The molecule has 0 aliphatic carbocycles. The highest BCUT2D eigenvalue weighted by molar-refractivity contribution is 6.19. The molecule has 1 aliphatic heterocycles. The van der Waals surface area contributed by atoms with Crippen LogP contribution in [-0.2, 0) is 9.59 Å². The van der Waals surface area contributed by atoms with Crippen molar-refractivity contribution in [1.82, 2.24) is 10.6 Å². The lowest BCUT2D eigenvalue weighted by molar-refractivity contribution is -0.144.